The standard InChI is InChI=1S/C21H20N2O2/c1-13-8-9-17-16(11-13)18(22-10-4-7-20(22)24)12-19-14-5-2-3-6-15(14)21(25)23(17)19/h2-3,5-6,8-9,11,18-19H,4,7,10,12H2,1H3/t18-,19-/m0/s1. The summed E-state index contributed by atoms with van der Waals surface area (Å²) in [5.74, 6) is 0.320. The van der Waals surface area contributed by atoms with Crippen molar-refractivity contribution in [2.45, 2.75) is 38.3 Å². The van der Waals surface area contributed by atoms with E-state index in [0.29, 0.717) is 6.42 Å². The molecule has 1 fully saturated rings. The van der Waals surface area contributed by atoms with Crippen molar-refractivity contribution in [1.29, 1.82) is 0 Å². The Morgan fingerprint density at radius 3 is 2.64 bits per heavy atom. The summed E-state index contributed by atoms with van der Waals surface area (Å²) in [5, 5.41) is 0. The lowest BCUT2D eigenvalue weighted by Crippen LogP contribution is -2.40. The first-order chi connectivity index (χ1) is 12.1. The molecule has 0 spiro atoms. The van der Waals surface area contributed by atoms with E-state index in [1.54, 1.807) is 0 Å². The summed E-state index contributed by atoms with van der Waals surface area (Å²) in [6, 6.07) is 14.2. The van der Waals surface area contributed by atoms with Crippen molar-refractivity contribution in [3.63, 3.8) is 0 Å². The normalized spacial score (nSPS) is 24.4. The predicted octanol–water partition coefficient (Wildman–Crippen LogP) is 3.76. The van der Waals surface area contributed by atoms with E-state index in [2.05, 4.69) is 25.1 Å². The van der Waals surface area contributed by atoms with Crippen molar-refractivity contribution in [3.8, 4) is 0 Å². The summed E-state index contributed by atoms with van der Waals surface area (Å²) in [7, 11) is 0. The van der Waals surface area contributed by atoms with Gasteiger partial charge in [0.2, 0.25) is 5.91 Å². The molecule has 126 valence electrons. The van der Waals surface area contributed by atoms with Gasteiger partial charge in [0.1, 0.15) is 0 Å². The summed E-state index contributed by atoms with van der Waals surface area (Å²) < 4.78 is 0. The minimum absolute atomic E-state index is 0.0253. The zero-order chi connectivity index (χ0) is 17.1. The second-order valence-corrected chi connectivity index (χ2v) is 7.28. The van der Waals surface area contributed by atoms with Gasteiger partial charge in [-0.15, -0.1) is 0 Å². The van der Waals surface area contributed by atoms with E-state index < -0.39 is 0 Å². The lowest BCUT2D eigenvalue weighted by atomic mass is 9.87. The average Bonchev–Trinajstić information content (AvgIpc) is 3.16. The molecule has 0 radical (unpaired) electrons. The Bertz CT molecular complexity index is 905. The zero-order valence-corrected chi connectivity index (χ0v) is 14.2. The minimum Gasteiger partial charge on any atom is -0.335 e. The van der Waals surface area contributed by atoms with E-state index in [9.17, 15) is 9.59 Å². The minimum atomic E-state index is 0.0253. The second kappa shape index (κ2) is 5.19. The van der Waals surface area contributed by atoms with E-state index in [1.807, 2.05) is 34.1 Å². The number of rotatable bonds is 1. The molecule has 25 heavy (non-hydrogen) atoms. The Kier molecular flexibility index (Phi) is 3.05. The summed E-state index contributed by atoms with van der Waals surface area (Å²) in [6.45, 7) is 2.88. The van der Waals surface area contributed by atoms with Crippen LogP contribution in [0.2, 0.25) is 0 Å². The van der Waals surface area contributed by atoms with Crippen LogP contribution in [0.5, 0.6) is 0 Å². The van der Waals surface area contributed by atoms with Crippen molar-refractivity contribution in [1.82, 2.24) is 4.90 Å². The van der Waals surface area contributed by atoms with Crippen LogP contribution in [0.25, 0.3) is 0 Å². The molecule has 0 aromatic heterocycles. The van der Waals surface area contributed by atoms with Crippen LogP contribution in [0.4, 0.5) is 5.69 Å². The van der Waals surface area contributed by atoms with E-state index in [1.165, 1.54) is 0 Å². The summed E-state index contributed by atoms with van der Waals surface area (Å²) in [5.41, 5.74) is 5.14. The highest BCUT2D eigenvalue weighted by Crippen LogP contribution is 2.51. The van der Waals surface area contributed by atoms with Crippen molar-refractivity contribution in [2.75, 3.05) is 11.4 Å². The Morgan fingerprint density at radius 1 is 1.00 bits per heavy atom. The number of anilines is 1. The smallest absolute Gasteiger partial charge is 0.259 e. The molecule has 2 amide bonds. The van der Waals surface area contributed by atoms with Gasteiger partial charge in [-0.3, -0.25) is 9.59 Å². The maximum absolute atomic E-state index is 13.0. The molecule has 0 aliphatic carbocycles. The molecule has 4 nitrogen and oxygen atoms in total. The number of hydrogen-bond donors (Lipinski definition) is 0. The number of carbonyl (C=O) groups is 2. The molecule has 4 heteroatoms. The number of nitrogens with zero attached hydrogens (tertiary/aromatic N) is 2. The quantitative estimate of drug-likeness (QED) is 0.798. The molecule has 3 heterocycles. The van der Waals surface area contributed by atoms with E-state index >= 15 is 0 Å². The van der Waals surface area contributed by atoms with Gasteiger partial charge in [0.05, 0.1) is 12.1 Å². The molecule has 0 unspecified atom stereocenters. The van der Waals surface area contributed by atoms with Crippen LogP contribution in [0, 0.1) is 6.92 Å². The van der Waals surface area contributed by atoms with Crippen LogP contribution >= 0.6 is 0 Å². The lowest BCUT2D eigenvalue weighted by Gasteiger charge is -2.41. The second-order valence-electron chi connectivity index (χ2n) is 7.28. The van der Waals surface area contributed by atoms with Crippen molar-refractivity contribution in [2.24, 2.45) is 0 Å². The topological polar surface area (TPSA) is 40.6 Å². The number of fused-ring (bicyclic) bond motifs is 5. The van der Waals surface area contributed by atoms with Gasteiger partial charge in [-0.05, 0) is 43.0 Å². The van der Waals surface area contributed by atoms with Crippen molar-refractivity contribution >= 4 is 17.5 Å². The Morgan fingerprint density at radius 2 is 1.84 bits per heavy atom. The van der Waals surface area contributed by atoms with Crippen molar-refractivity contribution in [3.05, 3.63) is 64.7 Å². The molecule has 3 aliphatic rings. The maximum Gasteiger partial charge on any atom is 0.259 e. The third-order valence-corrected chi connectivity index (χ3v) is 5.81. The molecule has 5 rings (SSSR count). The van der Waals surface area contributed by atoms with Crippen LogP contribution in [-0.2, 0) is 4.79 Å². The fraction of sp³-hybridized carbons (Fsp3) is 0.333. The third-order valence-electron chi connectivity index (χ3n) is 5.81. The molecule has 0 bridgehead atoms. The maximum atomic E-state index is 13.0. The molecular formula is C21H20N2O2. The Hall–Kier alpha value is -2.62. The van der Waals surface area contributed by atoms with Crippen LogP contribution in [0.3, 0.4) is 0 Å². The molecule has 1 saturated heterocycles. The third kappa shape index (κ3) is 2.00. The highest BCUT2D eigenvalue weighted by molar-refractivity contribution is 6.11. The predicted molar refractivity (Wildman–Crippen MR) is 95.5 cm³/mol. The first-order valence-corrected chi connectivity index (χ1v) is 8.97. The number of aryl methyl sites for hydroxylation is 1. The fourth-order valence-electron chi connectivity index (χ4n) is 4.69. The van der Waals surface area contributed by atoms with E-state index in [-0.39, 0.29) is 23.9 Å². The highest BCUT2D eigenvalue weighted by Gasteiger charge is 2.46. The number of hydrogen-bond acceptors (Lipinski definition) is 2. The van der Waals surface area contributed by atoms with Crippen LogP contribution < -0.4 is 4.90 Å². The van der Waals surface area contributed by atoms with Crippen molar-refractivity contribution < 1.29 is 9.59 Å². The average molecular weight is 332 g/mol. The van der Waals surface area contributed by atoms with Gasteiger partial charge >= 0.3 is 0 Å². The zero-order valence-electron chi connectivity index (χ0n) is 14.2. The summed E-state index contributed by atoms with van der Waals surface area (Å²) in [6.07, 6.45) is 2.35. The lowest BCUT2D eigenvalue weighted by molar-refractivity contribution is -0.130. The molecule has 2 aromatic carbocycles. The van der Waals surface area contributed by atoms with Gasteiger partial charge in [-0.2, -0.15) is 0 Å². The fourth-order valence-corrected chi connectivity index (χ4v) is 4.69. The van der Waals surface area contributed by atoms with E-state index in [0.717, 1.165) is 47.3 Å². The van der Waals surface area contributed by atoms with Crippen LogP contribution in [0.15, 0.2) is 42.5 Å². The largest absolute Gasteiger partial charge is 0.335 e. The van der Waals surface area contributed by atoms with Gasteiger partial charge < -0.3 is 9.80 Å². The Balaban J connectivity index is 1.69. The number of carbonyl (C=O) groups excluding carboxylic acids is 2. The molecule has 0 N–H and O–H groups in total. The number of benzene rings is 2. The Labute approximate surface area is 147 Å². The van der Waals surface area contributed by atoms with Gasteiger partial charge in [-0.25, -0.2) is 0 Å². The monoisotopic (exact) mass is 332 g/mol. The molecule has 2 aromatic rings. The van der Waals surface area contributed by atoms with Gasteiger partial charge in [0, 0.05) is 24.2 Å². The number of amides is 2. The molecule has 0 saturated carbocycles. The van der Waals surface area contributed by atoms with Crippen LogP contribution in [-0.4, -0.2) is 23.3 Å². The van der Waals surface area contributed by atoms with Gasteiger partial charge in [0.25, 0.3) is 5.91 Å². The first kappa shape index (κ1) is 14.7. The van der Waals surface area contributed by atoms with E-state index in [4.69, 9.17) is 0 Å². The first-order valence-electron chi connectivity index (χ1n) is 8.97. The van der Waals surface area contributed by atoms with Crippen LogP contribution in [0.1, 0.15) is 58.4 Å². The number of likely N-dealkylation sites (tertiary alicyclic amines) is 1. The SMILES string of the molecule is Cc1ccc2c(c1)[C@@H](N1CCCC1=O)C[C@H]1c3ccccc3C(=O)N21. The summed E-state index contributed by atoms with van der Waals surface area (Å²) >= 11 is 0. The highest BCUT2D eigenvalue weighted by atomic mass is 16.2. The summed E-state index contributed by atoms with van der Waals surface area (Å²) in [4.78, 5) is 29.4. The molecular weight excluding hydrogens is 312 g/mol. The molecule has 2 atom stereocenters. The molecule has 3 aliphatic heterocycles. The van der Waals surface area contributed by atoms with Gasteiger partial charge in [-0.1, -0.05) is 35.9 Å². The van der Waals surface area contributed by atoms with Gasteiger partial charge in [0.15, 0.2) is 0 Å².